The van der Waals surface area contributed by atoms with Gasteiger partial charge in [-0.3, -0.25) is 0 Å². The number of hydrogen-bond acceptors (Lipinski definition) is 3. The standard InChI is InChI=1S/C21H36O3/c1-4-10-16(11-5-1)19-22-20(17-12-6-2-7-13-17)24-21(23-19)18-14-8-3-9-15-18/h16-21H,1-15H2. The normalized spacial score (nSPS) is 38.2. The van der Waals surface area contributed by atoms with E-state index in [0.717, 1.165) is 0 Å². The summed E-state index contributed by atoms with van der Waals surface area (Å²) in [7, 11) is 0. The minimum atomic E-state index is -0.00194. The zero-order valence-electron chi connectivity index (χ0n) is 15.3. The average molecular weight is 337 g/mol. The lowest BCUT2D eigenvalue weighted by atomic mass is 9.86. The molecule has 0 N–H and O–H groups in total. The predicted octanol–water partition coefficient (Wildman–Crippen LogP) is 5.77. The van der Waals surface area contributed by atoms with Crippen LogP contribution in [-0.4, -0.2) is 18.9 Å². The molecular weight excluding hydrogens is 300 g/mol. The molecule has 0 aromatic carbocycles. The van der Waals surface area contributed by atoms with Gasteiger partial charge in [-0.2, -0.15) is 0 Å². The lowest BCUT2D eigenvalue weighted by molar-refractivity contribution is -0.417. The molecule has 3 nitrogen and oxygen atoms in total. The molecule has 0 amide bonds. The van der Waals surface area contributed by atoms with Gasteiger partial charge in [-0.1, -0.05) is 57.8 Å². The molecule has 0 bridgehead atoms. The molecule has 0 spiro atoms. The SMILES string of the molecule is C1CCC(C2OC(C3CCCCC3)OC(C3CCCCC3)O2)CC1. The monoisotopic (exact) mass is 336 g/mol. The first-order valence-corrected chi connectivity index (χ1v) is 10.9. The van der Waals surface area contributed by atoms with E-state index in [4.69, 9.17) is 14.2 Å². The zero-order chi connectivity index (χ0) is 16.2. The van der Waals surface area contributed by atoms with Crippen molar-refractivity contribution in [2.45, 2.75) is 115 Å². The molecule has 0 aromatic heterocycles. The highest BCUT2D eigenvalue weighted by Crippen LogP contribution is 2.40. The Balaban J connectivity index is 1.44. The molecule has 24 heavy (non-hydrogen) atoms. The Morgan fingerprint density at radius 3 is 0.833 bits per heavy atom. The predicted molar refractivity (Wildman–Crippen MR) is 94.3 cm³/mol. The molecule has 138 valence electrons. The fraction of sp³-hybridized carbons (Fsp3) is 1.00. The van der Waals surface area contributed by atoms with E-state index in [9.17, 15) is 0 Å². The number of ether oxygens (including phenoxy) is 3. The number of hydrogen-bond donors (Lipinski definition) is 0. The minimum absolute atomic E-state index is 0.00194. The molecule has 0 unspecified atom stereocenters. The van der Waals surface area contributed by atoms with Crippen molar-refractivity contribution in [1.29, 1.82) is 0 Å². The van der Waals surface area contributed by atoms with Gasteiger partial charge in [0.2, 0.25) is 0 Å². The first-order chi connectivity index (χ1) is 11.9. The van der Waals surface area contributed by atoms with Gasteiger partial charge in [0.15, 0.2) is 18.9 Å². The summed E-state index contributed by atoms with van der Waals surface area (Å²) in [5.41, 5.74) is 0. The molecule has 3 aliphatic carbocycles. The first-order valence-electron chi connectivity index (χ1n) is 10.9. The second kappa shape index (κ2) is 8.51. The second-order valence-corrected chi connectivity index (χ2v) is 8.71. The maximum Gasteiger partial charge on any atom is 0.166 e. The van der Waals surface area contributed by atoms with Crippen LogP contribution in [0.5, 0.6) is 0 Å². The van der Waals surface area contributed by atoms with E-state index in [-0.39, 0.29) is 18.9 Å². The Bertz CT molecular complexity index is 304. The van der Waals surface area contributed by atoms with Crippen LogP contribution in [0.2, 0.25) is 0 Å². The van der Waals surface area contributed by atoms with Gasteiger partial charge in [-0.05, 0) is 38.5 Å². The highest BCUT2D eigenvalue weighted by atomic mass is 16.9. The van der Waals surface area contributed by atoms with Gasteiger partial charge < -0.3 is 14.2 Å². The molecular formula is C21H36O3. The molecule has 0 atom stereocenters. The maximum atomic E-state index is 6.44. The van der Waals surface area contributed by atoms with Crippen molar-refractivity contribution in [3.63, 3.8) is 0 Å². The van der Waals surface area contributed by atoms with Crippen LogP contribution in [0.25, 0.3) is 0 Å². The van der Waals surface area contributed by atoms with Crippen molar-refractivity contribution in [3.8, 4) is 0 Å². The first kappa shape index (κ1) is 17.3. The van der Waals surface area contributed by atoms with E-state index >= 15 is 0 Å². The number of rotatable bonds is 3. The fourth-order valence-electron chi connectivity index (χ4n) is 5.38. The molecule has 3 heteroatoms. The Morgan fingerprint density at radius 1 is 0.333 bits per heavy atom. The van der Waals surface area contributed by atoms with E-state index in [1.807, 2.05) is 0 Å². The summed E-state index contributed by atoms with van der Waals surface area (Å²) in [6, 6.07) is 0. The topological polar surface area (TPSA) is 27.7 Å². The Morgan fingerprint density at radius 2 is 0.583 bits per heavy atom. The van der Waals surface area contributed by atoms with Gasteiger partial charge in [-0.25, -0.2) is 0 Å². The van der Waals surface area contributed by atoms with Gasteiger partial charge in [0.25, 0.3) is 0 Å². The lowest BCUT2D eigenvalue weighted by Crippen LogP contribution is -2.50. The van der Waals surface area contributed by atoms with Gasteiger partial charge >= 0.3 is 0 Å². The van der Waals surface area contributed by atoms with Gasteiger partial charge in [0.1, 0.15) is 0 Å². The maximum absolute atomic E-state index is 6.44. The van der Waals surface area contributed by atoms with E-state index < -0.39 is 0 Å². The van der Waals surface area contributed by atoms with Crippen molar-refractivity contribution >= 4 is 0 Å². The third-order valence-corrected chi connectivity index (χ3v) is 6.91. The Hall–Kier alpha value is -0.120. The Labute approximate surface area is 147 Å². The van der Waals surface area contributed by atoms with E-state index in [1.165, 1.54) is 96.3 Å². The van der Waals surface area contributed by atoms with Crippen molar-refractivity contribution < 1.29 is 14.2 Å². The molecule has 0 radical (unpaired) electrons. The summed E-state index contributed by atoms with van der Waals surface area (Å²) in [5, 5.41) is 0. The second-order valence-electron chi connectivity index (χ2n) is 8.71. The molecule has 0 aromatic rings. The van der Waals surface area contributed by atoms with Crippen LogP contribution in [0.1, 0.15) is 96.3 Å². The summed E-state index contributed by atoms with van der Waals surface area (Å²) in [6.07, 6.45) is 19.9. The molecule has 4 fully saturated rings. The molecule has 1 aliphatic heterocycles. The summed E-state index contributed by atoms with van der Waals surface area (Å²) < 4.78 is 19.3. The van der Waals surface area contributed by atoms with Crippen LogP contribution in [0.4, 0.5) is 0 Å². The lowest BCUT2D eigenvalue weighted by Gasteiger charge is -2.45. The van der Waals surface area contributed by atoms with Gasteiger partial charge in [-0.15, -0.1) is 0 Å². The Kier molecular flexibility index (Phi) is 6.13. The van der Waals surface area contributed by atoms with Crippen LogP contribution in [0.15, 0.2) is 0 Å². The van der Waals surface area contributed by atoms with Crippen LogP contribution < -0.4 is 0 Å². The largest absolute Gasteiger partial charge is 0.323 e. The highest BCUT2D eigenvalue weighted by Gasteiger charge is 2.42. The summed E-state index contributed by atoms with van der Waals surface area (Å²) in [4.78, 5) is 0. The van der Waals surface area contributed by atoms with Crippen molar-refractivity contribution in [1.82, 2.24) is 0 Å². The van der Waals surface area contributed by atoms with Crippen LogP contribution >= 0.6 is 0 Å². The van der Waals surface area contributed by atoms with Gasteiger partial charge in [0.05, 0.1) is 0 Å². The van der Waals surface area contributed by atoms with Crippen LogP contribution in [-0.2, 0) is 14.2 Å². The molecule has 1 heterocycles. The average Bonchev–Trinajstić information content (AvgIpc) is 2.70. The van der Waals surface area contributed by atoms with Crippen molar-refractivity contribution in [2.24, 2.45) is 17.8 Å². The third kappa shape index (κ3) is 4.16. The van der Waals surface area contributed by atoms with E-state index in [2.05, 4.69) is 0 Å². The van der Waals surface area contributed by atoms with E-state index in [0.29, 0.717) is 17.8 Å². The van der Waals surface area contributed by atoms with Crippen LogP contribution in [0, 0.1) is 17.8 Å². The minimum Gasteiger partial charge on any atom is -0.323 e. The summed E-state index contributed by atoms with van der Waals surface area (Å²) in [6.45, 7) is 0. The quantitative estimate of drug-likeness (QED) is 0.655. The van der Waals surface area contributed by atoms with E-state index in [1.54, 1.807) is 0 Å². The fourth-order valence-corrected chi connectivity index (χ4v) is 5.38. The molecule has 4 rings (SSSR count). The molecule has 3 saturated carbocycles. The van der Waals surface area contributed by atoms with Gasteiger partial charge in [0, 0.05) is 17.8 Å². The zero-order valence-corrected chi connectivity index (χ0v) is 15.3. The summed E-state index contributed by atoms with van der Waals surface area (Å²) in [5.74, 6) is 1.79. The molecule has 4 aliphatic rings. The van der Waals surface area contributed by atoms with Crippen molar-refractivity contribution in [2.75, 3.05) is 0 Å². The molecule has 1 saturated heterocycles. The van der Waals surface area contributed by atoms with Crippen LogP contribution in [0.3, 0.4) is 0 Å². The third-order valence-electron chi connectivity index (χ3n) is 6.91. The summed E-state index contributed by atoms with van der Waals surface area (Å²) >= 11 is 0. The van der Waals surface area contributed by atoms with Crippen molar-refractivity contribution in [3.05, 3.63) is 0 Å². The highest BCUT2D eigenvalue weighted by molar-refractivity contribution is 4.79. The smallest absolute Gasteiger partial charge is 0.166 e.